The molecule has 0 radical (unpaired) electrons. The van der Waals surface area contributed by atoms with Crippen molar-refractivity contribution in [2.45, 2.75) is 64.6 Å². The molecule has 4 amide bonds. The van der Waals surface area contributed by atoms with Gasteiger partial charge in [0, 0.05) is 13.0 Å². The molecule has 3 atom stereocenters. The summed E-state index contributed by atoms with van der Waals surface area (Å²) >= 11 is 0. The summed E-state index contributed by atoms with van der Waals surface area (Å²) in [7, 11) is 0. The number of aromatic nitrogens is 4. The summed E-state index contributed by atoms with van der Waals surface area (Å²) in [6.07, 6.45) is 1.13. The quantitative estimate of drug-likeness (QED) is 0.239. The molecule has 14 heteroatoms. The number of carbonyl (C=O) groups is 5. The van der Waals surface area contributed by atoms with E-state index in [1.807, 2.05) is 6.92 Å². The lowest BCUT2D eigenvalue weighted by atomic mass is 9.98. The first-order valence-electron chi connectivity index (χ1n) is 10.8. The van der Waals surface area contributed by atoms with Gasteiger partial charge >= 0.3 is 5.97 Å². The van der Waals surface area contributed by atoms with Crippen LogP contribution in [0.5, 0.6) is 0 Å². The minimum Gasteiger partial charge on any atom is -0.481 e. The molecule has 0 unspecified atom stereocenters. The van der Waals surface area contributed by atoms with Crippen LogP contribution in [0.2, 0.25) is 0 Å². The Bertz CT molecular complexity index is 845. The van der Waals surface area contributed by atoms with E-state index in [1.165, 1.54) is 4.90 Å². The first-order chi connectivity index (χ1) is 15.7. The Kier molecular flexibility index (Phi) is 9.69. The zero-order chi connectivity index (χ0) is 24.4. The molecule has 182 valence electrons. The first-order valence-corrected chi connectivity index (χ1v) is 10.8. The normalized spacial score (nSPS) is 17.2. The number of rotatable bonds is 12. The lowest BCUT2D eigenvalue weighted by Gasteiger charge is -2.26. The number of amides is 4. The fraction of sp³-hybridized carbons (Fsp3) is 0.684. The number of nitrogens with one attached hydrogen (secondary N) is 4. The third-order valence-electron chi connectivity index (χ3n) is 5.48. The van der Waals surface area contributed by atoms with Gasteiger partial charge in [-0.25, -0.2) is 0 Å². The molecule has 0 bridgehead atoms. The van der Waals surface area contributed by atoms with E-state index in [4.69, 9.17) is 5.11 Å². The lowest BCUT2D eigenvalue weighted by Crippen LogP contribution is -2.53. The van der Waals surface area contributed by atoms with E-state index >= 15 is 0 Å². The fourth-order valence-electron chi connectivity index (χ4n) is 3.42. The van der Waals surface area contributed by atoms with Crippen molar-refractivity contribution in [2.24, 2.45) is 5.92 Å². The van der Waals surface area contributed by atoms with Crippen molar-refractivity contribution in [1.29, 1.82) is 0 Å². The monoisotopic (exact) mass is 466 g/mol. The van der Waals surface area contributed by atoms with E-state index in [2.05, 4.69) is 36.6 Å². The topological polar surface area (TPSA) is 199 Å². The summed E-state index contributed by atoms with van der Waals surface area (Å²) < 4.78 is 0. The molecule has 1 aromatic rings. The second-order valence-corrected chi connectivity index (χ2v) is 7.83. The van der Waals surface area contributed by atoms with E-state index in [0.717, 1.165) is 0 Å². The summed E-state index contributed by atoms with van der Waals surface area (Å²) in [6, 6.07) is -1.57. The van der Waals surface area contributed by atoms with Crippen molar-refractivity contribution < 1.29 is 29.1 Å². The number of tetrazole rings is 1. The average molecular weight is 466 g/mol. The number of likely N-dealkylation sites (tertiary alicyclic amines) is 1. The summed E-state index contributed by atoms with van der Waals surface area (Å²) in [5, 5.41) is 29.6. The van der Waals surface area contributed by atoms with Gasteiger partial charge in [0.05, 0.1) is 19.5 Å². The standard InChI is InChI=1S/C19H30N8O6/c1-3-11(2)17(22-14(28)6-7-16(30)31)19(33)21-10-15(29)27-8-4-5-12(27)18(32)20-9-13-23-25-26-24-13/h11-12,17H,3-10H2,1-2H3,(H,20,32)(H,21,33)(H,22,28)(H,30,31)(H,23,24,25,26)/t11-,12-,17-/m0/s1. The zero-order valence-corrected chi connectivity index (χ0v) is 18.7. The van der Waals surface area contributed by atoms with Crippen molar-refractivity contribution in [3.05, 3.63) is 5.82 Å². The van der Waals surface area contributed by atoms with Gasteiger partial charge in [0.15, 0.2) is 5.82 Å². The van der Waals surface area contributed by atoms with Crippen LogP contribution < -0.4 is 16.0 Å². The van der Waals surface area contributed by atoms with Crippen molar-refractivity contribution >= 4 is 29.6 Å². The molecule has 1 fully saturated rings. The first kappa shape index (κ1) is 25.7. The van der Waals surface area contributed by atoms with Gasteiger partial charge in [-0.15, -0.1) is 10.2 Å². The van der Waals surface area contributed by atoms with Crippen LogP contribution in [-0.2, 0) is 30.5 Å². The van der Waals surface area contributed by atoms with Gasteiger partial charge in [-0.3, -0.25) is 24.0 Å². The van der Waals surface area contributed by atoms with E-state index in [9.17, 15) is 24.0 Å². The number of aliphatic carboxylic acids is 1. The van der Waals surface area contributed by atoms with Crippen LogP contribution in [0.15, 0.2) is 0 Å². The highest BCUT2D eigenvalue weighted by Crippen LogP contribution is 2.17. The van der Waals surface area contributed by atoms with Gasteiger partial charge in [-0.2, -0.15) is 5.21 Å². The summed E-state index contributed by atoms with van der Waals surface area (Å²) in [4.78, 5) is 61.9. The molecule has 0 spiro atoms. The minimum absolute atomic E-state index is 0.0722. The summed E-state index contributed by atoms with van der Waals surface area (Å²) in [5.41, 5.74) is 0. The number of carboxylic acids is 1. The number of carbonyl (C=O) groups excluding carboxylic acids is 4. The van der Waals surface area contributed by atoms with Crippen LogP contribution in [0.1, 0.15) is 51.8 Å². The van der Waals surface area contributed by atoms with Gasteiger partial charge in [-0.05, 0) is 18.8 Å². The average Bonchev–Trinajstić information content (AvgIpc) is 3.49. The number of nitrogens with zero attached hydrogens (tertiary/aromatic N) is 4. The Labute approximate surface area is 190 Å². The predicted molar refractivity (Wildman–Crippen MR) is 112 cm³/mol. The molecule has 33 heavy (non-hydrogen) atoms. The smallest absolute Gasteiger partial charge is 0.303 e. The molecule has 0 aliphatic carbocycles. The van der Waals surface area contributed by atoms with Crippen LogP contribution in [-0.4, -0.2) is 85.4 Å². The largest absolute Gasteiger partial charge is 0.481 e. The molecule has 2 rings (SSSR count). The third kappa shape index (κ3) is 7.80. The van der Waals surface area contributed by atoms with Gasteiger partial charge < -0.3 is 26.0 Å². The van der Waals surface area contributed by atoms with E-state index in [0.29, 0.717) is 31.6 Å². The Morgan fingerprint density at radius 3 is 2.61 bits per heavy atom. The molecule has 0 saturated carbocycles. The SMILES string of the molecule is CC[C@H](C)[C@H](NC(=O)CCC(=O)O)C(=O)NCC(=O)N1CCC[C@H]1C(=O)NCc1nn[nH]n1. The molecule has 14 nitrogen and oxygen atoms in total. The molecule has 1 aliphatic heterocycles. The van der Waals surface area contributed by atoms with Crippen molar-refractivity contribution in [3.63, 3.8) is 0 Å². The lowest BCUT2D eigenvalue weighted by molar-refractivity contribution is -0.140. The predicted octanol–water partition coefficient (Wildman–Crippen LogP) is -1.68. The molecular weight excluding hydrogens is 436 g/mol. The number of carboxylic acid groups (broad SMARTS) is 1. The van der Waals surface area contributed by atoms with Crippen molar-refractivity contribution in [3.8, 4) is 0 Å². The van der Waals surface area contributed by atoms with Gasteiger partial charge in [0.1, 0.15) is 12.1 Å². The summed E-state index contributed by atoms with van der Waals surface area (Å²) in [5.74, 6) is -2.89. The van der Waals surface area contributed by atoms with Gasteiger partial charge in [-0.1, -0.05) is 25.5 Å². The van der Waals surface area contributed by atoms with Crippen LogP contribution in [0, 0.1) is 5.92 Å². The Morgan fingerprint density at radius 1 is 1.21 bits per heavy atom. The van der Waals surface area contributed by atoms with Crippen LogP contribution in [0.25, 0.3) is 0 Å². The van der Waals surface area contributed by atoms with Crippen LogP contribution >= 0.6 is 0 Å². The highest BCUT2D eigenvalue weighted by Gasteiger charge is 2.34. The fourth-order valence-corrected chi connectivity index (χ4v) is 3.42. The molecule has 2 heterocycles. The van der Waals surface area contributed by atoms with Crippen LogP contribution in [0.4, 0.5) is 0 Å². The Balaban J connectivity index is 1.88. The second-order valence-electron chi connectivity index (χ2n) is 7.83. The maximum atomic E-state index is 12.7. The van der Waals surface area contributed by atoms with Gasteiger partial charge in [0.25, 0.3) is 0 Å². The van der Waals surface area contributed by atoms with Crippen molar-refractivity contribution in [2.75, 3.05) is 13.1 Å². The molecule has 1 aromatic heterocycles. The third-order valence-corrected chi connectivity index (χ3v) is 5.48. The Morgan fingerprint density at radius 2 is 1.97 bits per heavy atom. The summed E-state index contributed by atoms with van der Waals surface area (Å²) in [6.45, 7) is 3.75. The number of hydrogen-bond acceptors (Lipinski definition) is 8. The van der Waals surface area contributed by atoms with Crippen molar-refractivity contribution in [1.82, 2.24) is 41.5 Å². The zero-order valence-electron chi connectivity index (χ0n) is 18.7. The molecule has 0 aromatic carbocycles. The number of H-pyrrole nitrogens is 1. The van der Waals surface area contributed by atoms with Gasteiger partial charge in [0.2, 0.25) is 23.6 Å². The Hall–Kier alpha value is -3.58. The molecular formula is C19H30N8O6. The number of hydrogen-bond donors (Lipinski definition) is 5. The minimum atomic E-state index is -1.11. The maximum absolute atomic E-state index is 12.7. The molecule has 1 aliphatic rings. The number of aromatic amines is 1. The van der Waals surface area contributed by atoms with E-state index < -0.39 is 35.8 Å². The molecule has 1 saturated heterocycles. The van der Waals surface area contributed by atoms with Crippen LogP contribution in [0.3, 0.4) is 0 Å². The molecule has 5 N–H and O–H groups in total. The highest BCUT2D eigenvalue weighted by atomic mass is 16.4. The highest BCUT2D eigenvalue weighted by molar-refractivity contribution is 5.93. The maximum Gasteiger partial charge on any atom is 0.303 e. The van der Waals surface area contributed by atoms with E-state index in [1.54, 1.807) is 6.92 Å². The van der Waals surface area contributed by atoms with E-state index in [-0.39, 0.29) is 37.8 Å². The second kappa shape index (κ2) is 12.5.